The van der Waals surface area contributed by atoms with Crippen LogP contribution in [0.15, 0.2) is 24.3 Å². The normalized spacial score (nSPS) is 9.00. The van der Waals surface area contributed by atoms with Gasteiger partial charge in [0, 0.05) is 18.8 Å². The molecule has 0 saturated carbocycles. The van der Waals surface area contributed by atoms with E-state index >= 15 is 0 Å². The first-order chi connectivity index (χ1) is 9.08. The number of thiocarbonyl (C=S) groups is 1. The smallest absolute Gasteiger partial charge is 0.310 e. The molecule has 0 bridgehead atoms. The Hall–Kier alpha value is -2.06. The Bertz CT molecular complexity index is 532. The Labute approximate surface area is 118 Å². The lowest BCUT2D eigenvalue weighted by Gasteiger charge is -2.16. The molecule has 1 aromatic carbocycles. The zero-order chi connectivity index (χ0) is 14.3. The number of hydrogen-bond donors (Lipinski definition) is 1. The van der Waals surface area contributed by atoms with Gasteiger partial charge in [0.15, 0.2) is 5.11 Å². The number of rotatable bonds is 3. The minimum atomic E-state index is -0.290. The molecule has 1 N–H and O–H groups in total. The topological polar surface area (TPSA) is 41.6 Å². The summed E-state index contributed by atoms with van der Waals surface area (Å²) in [5.74, 6) is 2.47. The second-order valence-electron chi connectivity index (χ2n) is 3.76. The van der Waals surface area contributed by atoms with Gasteiger partial charge in [-0.1, -0.05) is 24.1 Å². The van der Waals surface area contributed by atoms with Crippen LogP contribution in [0.3, 0.4) is 0 Å². The standard InChI is InChI=1S/C14H16N2O2S/c1-4-9-16(2)14(19)15-12-8-6-5-7-11(12)10-13(17)18-3/h5-8H,10H2,1-3H3,(H,15,19). The van der Waals surface area contributed by atoms with E-state index in [-0.39, 0.29) is 12.4 Å². The van der Waals surface area contributed by atoms with Gasteiger partial charge >= 0.3 is 5.97 Å². The van der Waals surface area contributed by atoms with Crippen molar-refractivity contribution in [3.63, 3.8) is 0 Å². The third-order valence-electron chi connectivity index (χ3n) is 2.41. The molecule has 1 rings (SSSR count). The number of esters is 1. The number of hydrogen-bond acceptors (Lipinski definition) is 3. The number of carbonyl (C=O) groups excluding carboxylic acids is 1. The average Bonchev–Trinajstić information content (AvgIpc) is 2.41. The Kier molecular flexibility index (Phi) is 5.83. The predicted molar refractivity (Wildman–Crippen MR) is 79.6 cm³/mol. The summed E-state index contributed by atoms with van der Waals surface area (Å²) in [4.78, 5) is 13.0. The predicted octanol–water partition coefficient (Wildman–Crippen LogP) is 2.01. The molecular formula is C14H16N2O2S. The van der Waals surface area contributed by atoms with Gasteiger partial charge in [-0.15, -0.1) is 0 Å². The lowest BCUT2D eigenvalue weighted by atomic mass is 10.1. The van der Waals surface area contributed by atoms with Crippen molar-refractivity contribution < 1.29 is 9.53 Å². The van der Waals surface area contributed by atoms with Crippen LogP contribution >= 0.6 is 12.2 Å². The molecule has 0 aromatic heterocycles. The molecule has 0 aliphatic carbocycles. The van der Waals surface area contributed by atoms with Gasteiger partial charge in [0.2, 0.25) is 0 Å². The summed E-state index contributed by atoms with van der Waals surface area (Å²) in [5, 5.41) is 3.55. The van der Waals surface area contributed by atoms with E-state index in [1.165, 1.54) is 7.11 Å². The highest BCUT2D eigenvalue weighted by Gasteiger charge is 2.09. The largest absolute Gasteiger partial charge is 0.469 e. The number of benzene rings is 1. The van der Waals surface area contributed by atoms with Crippen LogP contribution in [-0.4, -0.2) is 30.1 Å². The summed E-state index contributed by atoms with van der Waals surface area (Å²) < 4.78 is 4.67. The number of methoxy groups -OCH3 is 1. The second-order valence-corrected chi connectivity index (χ2v) is 4.15. The van der Waals surface area contributed by atoms with Gasteiger partial charge in [-0.05, 0) is 30.8 Å². The maximum Gasteiger partial charge on any atom is 0.310 e. The molecule has 0 aliphatic rings. The zero-order valence-electron chi connectivity index (χ0n) is 11.2. The van der Waals surface area contributed by atoms with Gasteiger partial charge < -0.3 is 10.1 Å². The van der Waals surface area contributed by atoms with Crippen molar-refractivity contribution in [1.82, 2.24) is 4.90 Å². The number of anilines is 1. The highest BCUT2D eigenvalue weighted by atomic mass is 32.1. The molecule has 4 nitrogen and oxygen atoms in total. The summed E-state index contributed by atoms with van der Waals surface area (Å²) in [6.07, 6.45) is 0.200. The lowest BCUT2D eigenvalue weighted by molar-refractivity contribution is -0.139. The fraction of sp³-hybridized carbons (Fsp3) is 0.286. The van der Waals surface area contributed by atoms with Gasteiger partial charge in [-0.3, -0.25) is 9.69 Å². The monoisotopic (exact) mass is 276 g/mol. The maximum atomic E-state index is 11.3. The van der Waals surface area contributed by atoms with Crippen LogP contribution in [0, 0.1) is 12.0 Å². The van der Waals surface area contributed by atoms with Crippen molar-refractivity contribution in [2.75, 3.05) is 19.5 Å². The van der Waals surface area contributed by atoms with Gasteiger partial charge in [-0.2, -0.15) is 0 Å². The molecule has 0 saturated heterocycles. The number of nitrogens with one attached hydrogen (secondary N) is 1. The van der Waals surface area contributed by atoms with E-state index in [9.17, 15) is 4.79 Å². The van der Waals surface area contributed by atoms with E-state index < -0.39 is 0 Å². The van der Waals surface area contributed by atoms with E-state index in [0.717, 1.165) is 11.3 Å². The van der Waals surface area contributed by atoms with Gasteiger partial charge in [0.25, 0.3) is 0 Å². The molecule has 5 heteroatoms. The van der Waals surface area contributed by atoms with Crippen molar-refractivity contribution in [1.29, 1.82) is 0 Å². The minimum absolute atomic E-state index is 0.200. The van der Waals surface area contributed by atoms with Gasteiger partial charge in [-0.25, -0.2) is 0 Å². The van der Waals surface area contributed by atoms with Crippen molar-refractivity contribution in [2.24, 2.45) is 0 Å². The summed E-state index contributed by atoms with van der Waals surface area (Å²) >= 11 is 5.22. The number of para-hydroxylation sites is 1. The SMILES string of the molecule is CC#CN(C)C(=S)Nc1ccccc1CC(=O)OC. The van der Waals surface area contributed by atoms with Crippen molar-refractivity contribution in [2.45, 2.75) is 13.3 Å². The first-order valence-electron chi connectivity index (χ1n) is 5.70. The fourth-order valence-electron chi connectivity index (χ4n) is 1.44. The zero-order valence-corrected chi connectivity index (χ0v) is 12.0. The maximum absolute atomic E-state index is 11.3. The van der Waals surface area contributed by atoms with E-state index in [0.29, 0.717) is 5.11 Å². The lowest BCUT2D eigenvalue weighted by Crippen LogP contribution is -2.27. The van der Waals surface area contributed by atoms with E-state index in [2.05, 4.69) is 22.0 Å². The molecule has 0 radical (unpaired) electrons. The van der Waals surface area contributed by atoms with Crippen LogP contribution in [0.1, 0.15) is 12.5 Å². The van der Waals surface area contributed by atoms with Crippen molar-refractivity contribution in [3.8, 4) is 12.0 Å². The molecule has 100 valence electrons. The summed E-state index contributed by atoms with van der Waals surface area (Å²) in [6.45, 7) is 1.74. The average molecular weight is 276 g/mol. The first kappa shape index (κ1) is 15.0. The van der Waals surface area contributed by atoms with E-state index in [1.807, 2.05) is 24.3 Å². The van der Waals surface area contributed by atoms with Crippen LogP contribution in [0.25, 0.3) is 0 Å². The molecule has 0 heterocycles. The van der Waals surface area contributed by atoms with Crippen molar-refractivity contribution in [3.05, 3.63) is 29.8 Å². The number of carbonyl (C=O) groups is 1. The fourth-order valence-corrected chi connectivity index (χ4v) is 1.60. The Morgan fingerprint density at radius 1 is 1.47 bits per heavy atom. The van der Waals surface area contributed by atoms with Crippen LogP contribution < -0.4 is 5.32 Å². The molecule has 1 aromatic rings. The van der Waals surface area contributed by atoms with Crippen LogP contribution in [0.2, 0.25) is 0 Å². The van der Waals surface area contributed by atoms with E-state index in [1.54, 1.807) is 18.9 Å². The molecule has 19 heavy (non-hydrogen) atoms. The Morgan fingerprint density at radius 2 is 2.16 bits per heavy atom. The molecule has 0 aliphatic heterocycles. The third kappa shape index (κ3) is 4.60. The highest BCUT2D eigenvalue weighted by molar-refractivity contribution is 7.80. The molecular weight excluding hydrogens is 260 g/mol. The summed E-state index contributed by atoms with van der Waals surface area (Å²) in [6, 6.07) is 10.3. The van der Waals surface area contributed by atoms with Crippen LogP contribution in [-0.2, 0) is 16.0 Å². The second kappa shape index (κ2) is 7.39. The molecule has 0 amide bonds. The van der Waals surface area contributed by atoms with Crippen molar-refractivity contribution >= 4 is 29.0 Å². The number of ether oxygens (including phenoxy) is 1. The Balaban J connectivity index is 2.85. The quantitative estimate of drug-likeness (QED) is 0.396. The molecule has 0 spiro atoms. The highest BCUT2D eigenvalue weighted by Crippen LogP contribution is 2.16. The van der Waals surface area contributed by atoms with Crippen LogP contribution in [0.5, 0.6) is 0 Å². The third-order valence-corrected chi connectivity index (χ3v) is 2.78. The number of nitrogens with zero attached hydrogens (tertiary/aromatic N) is 1. The summed E-state index contributed by atoms with van der Waals surface area (Å²) in [7, 11) is 3.14. The Morgan fingerprint density at radius 3 is 2.79 bits per heavy atom. The van der Waals surface area contributed by atoms with Crippen LogP contribution in [0.4, 0.5) is 5.69 Å². The first-order valence-corrected chi connectivity index (χ1v) is 6.11. The molecule has 0 atom stereocenters. The summed E-state index contributed by atoms with van der Waals surface area (Å²) in [5.41, 5.74) is 1.61. The van der Waals surface area contributed by atoms with E-state index in [4.69, 9.17) is 12.2 Å². The molecule has 0 unspecified atom stereocenters. The van der Waals surface area contributed by atoms with Gasteiger partial charge in [0.05, 0.1) is 13.5 Å². The minimum Gasteiger partial charge on any atom is -0.469 e. The van der Waals surface area contributed by atoms with Gasteiger partial charge in [0.1, 0.15) is 0 Å². The molecule has 0 fully saturated rings.